The molecule has 8 rings (SSSR count). The van der Waals surface area contributed by atoms with Crippen molar-refractivity contribution in [2.75, 3.05) is 57.9 Å². The summed E-state index contributed by atoms with van der Waals surface area (Å²) in [4.78, 5) is 127. The lowest BCUT2D eigenvalue weighted by molar-refractivity contribution is -0.271. The van der Waals surface area contributed by atoms with Crippen molar-refractivity contribution in [2.45, 2.75) is 167 Å². The van der Waals surface area contributed by atoms with E-state index in [0.29, 0.717) is 48.4 Å². The topological polar surface area (TPSA) is 403 Å². The number of rotatable bonds is 29. The molecule has 2 aromatic carbocycles. The first-order valence-electron chi connectivity index (χ1n) is 30.8. The number of nitrogens with one attached hydrogen (secondary N) is 4. The highest BCUT2D eigenvalue weighted by atomic mass is 16.7. The Labute approximate surface area is 529 Å². The molecule has 29 nitrogen and oxygen atoms in total. The van der Waals surface area contributed by atoms with Crippen molar-refractivity contribution >= 4 is 64.2 Å². The van der Waals surface area contributed by atoms with Crippen LogP contribution in [0, 0.1) is 5.92 Å². The summed E-state index contributed by atoms with van der Waals surface area (Å²) in [7, 11) is 0. The summed E-state index contributed by atoms with van der Waals surface area (Å²) < 4.78 is 34.9. The molecule has 500 valence electrons. The summed E-state index contributed by atoms with van der Waals surface area (Å²) in [5.41, 5.74) is 1.01. The fraction of sp³-hybridized carbons (Fsp3) is 0.556. The van der Waals surface area contributed by atoms with Crippen LogP contribution in [0.15, 0.2) is 53.3 Å². The molecule has 8 atom stereocenters. The van der Waals surface area contributed by atoms with Gasteiger partial charge >= 0.3 is 24.0 Å². The van der Waals surface area contributed by atoms with Crippen molar-refractivity contribution < 1.29 is 97.4 Å². The number of cyclic esters (lactones) is 1. The molecule has 4 aromatic rings. The number of aliphatic carboxylic acids is 2. The lowest BCUT2D eigenvalue weighted by Crippen LogP contribution is -2.61. The highest BCUT2D eigenvalue weighted by Crippen LogP contribution is 2.41. The number of hydrogen-bond donors (Lipinski definition) is 10. The molecule has 2 aromatic heterocycles. The minimum Gasteiger partial charge on any atom is -0.481 e. The number of aliphatic hydroxyl groups is 4. The fourth-order valence-corrected chi connectivity index (χ4v) is 11.6. The zero-order valence-electron chi connectivity index (χ0n) is 52.2. The molecule has 0 radical (unpaired) electrons. The van der Waals surface area contributed by atoms with E-state index < -0.39 is 114 Å². The normalized spacial score (nSPS) is 20.9. The monoisotopic (exact) mass is 1290 g/mol. The molecule has 4 aliphatic rings. The van der Waals surface area contributed by atoms with Crippen LogP contribution >= 0.6 is 0 Å². The first-order chi connectivity index (χ1) is 43.8. The van der Waals surface area contributed by atoms with E-state index in [9.17, 15) is 68.7 Å². The molecule has 29 heteroatoms. The van der Waals surface area contributed by atoms with E-state index in [1.165, 1.54) is 34.6 Å². The van der Waals surface area contributed by atoms with Crippen molar-refractivity contribution in [3.05, 3.63) is 86.7 Å². The summed E-state index contributed by atoms with van der Waals surface area (Å²) in [6, 6.07) is 10.1. The Kier molecular flexibility index (Phi) is 23.5. The van der Waals surface area contributed by atoms with Gasteiger partial charge in [0.15, 0.2) is 11.7 Å². The van der Waals surface area contributed by atoms with E-state index in [1.807, 2.05) is 24.3 Å². The van der Waals surface area contributed by atoms with Crippen LogP contribution in [0.2, 0.25) is 0 Å². The number of amides is 5. The first-order valence-corrected chi connectivity index (χ1v) is 30.8. The van der Waals surface area contributed by atoms with Gasteiger partial charge in [-0.25, -0.2) is 19.4 Å². The van der Waals surface area contributed by atoms with E-state index in [0.717, 1.165) is 10.9 Å². The van der Waals surface area contributed by atoms with Crippen LogP contribution in [0.3, 0.4) is 0 Å². The van der Waals surface area contributed by atoms with Crippen LogP contribution in [-0.2, 0) is 89.0 Å². The molecule has 2 fully saturated rings. The fourth-order valence-electron chi connectivity index (χ4n) is 11.6. The van der Waals surface area contributed by atoms with Crippen molar-refractivity contribution in [3.8, 4) is 17.1 Å². The molecule has 0 spiro atoms. The van der Waals surface area contributed by atoms with Crippen LogP contribution in [0.4, 0.5) is 10.5 Å². The molecule has 0 aliphatic carbocycles. The number of aromatic nitrogens is 2. The highest BCUT2D eigenvalue weighted by molar-refractivity contribution is 5.99. The minimum atomic E-state index is -2.07. The number of hydrogen-bond acceptors (Lipinski definition) is 21. The van der Waals surface area contributed by atoms with E-state index in [1.54, 1.807) is 45.6 Å². The second kappa shape index (κ2) is 31.0. The predicted octanol–water partition coefficient (Wildman–Crippen LogP) is 1.39. The van der Waals surface area contributed by atoms with Gasteiger partial charge < -0.3 is 94.7 Å². The number of pyridine rings is 2. The third kappa shape index (κ3) is 16.2. The number of para-hydroxylation sites is 1. The van der Waals surface area contributed by atoms with Crippen molar-refractivity contribution in [1.29, 1.82) is 0 Å². The SMILES string of the molecule is CC[C@@]1(O)C(=O)OCc2c1cc1n(c2=O)Cc2c-1nc1ccccc1c2CCN(C(=O)OCc1ccc(NC(=O)[C@H](C)NC(=O)[C@@H](NC(=O)CCC(=O)N(CCOCCOCCC(=O)O)C2CCNCC2)C(C)C)c(O[C@@H]2O[C@H](C(=O)O)[C@@H](O)[C@H](O)[C@H]2O)c1)C(C)C. The summed E-state index contributed by atoms with van der Waals surface area (Å²) in [6.07, 6.45) is -9.90. The third-order valence-corrected chi connectivity index (χ3v) is 16.9. The lowest BCUT2D eigenvalue weighted by atomic mass is 9.86. The van der Waals surface area contributed by atoms with Gasteiger partial charge in [0, 0.05) is 54.5 Å². The smallest absolute Gasteiger partial charge is 0.410 e. The molecule has 5 amide bonds. The van der Waals surface area contributed by atoms with Crippen molar-refractivity contribution in [3.63, 3.8) is 0 Å². The second-order valence-corrected chi connectivity index (χ2v) is 23.8. The average Bonchev–Trinajstić information content (AvgIpc) is 1.52. The van der Waals surface area contributed by atoms with Gasteiger partial charge in [-0.1, -0.05) is 45.0 Å². The number of carbonyl (C=O) groups excluding carboxylic acids is 6. The molecule has 6 heterocycles. The zero-order valence-corrected chi connectivity index (χ0v) is 52.2. The van der Waals surface area contributed by atoms with Gasteiger partial charge in [-0.2, -0.15) is 0 Å². The second-order valence-electron chi connectivity index (χ2n) is 23.8. The Bertz CT molecular complexity index is 3450. The molecule has 2 saturated heterocycles. The van der Waals surface area contributed by atoms with Crippen LogP contribution in [0.5, 0.6) is 5.75 Å². The van der Waals surface area contributed by atoms with E-state index in [4.69, 9.17) is 38.5 Å². The quantitative estimate of drug-likeness (QED) is 0.0239. The number of fused-ring (bicyclic) bond motifs is 5. The van der Waals surface area contributed by atoms with Gasteiger partial charge in [-0.05, 0) is 101 Å². The maximum absolute atomic E-state index is 14.2. The van der Waals surface area contributed by atoms with Gasteiger partial charge in [0.2, 0.25) is 29.9 Å². The summed E-state index contributed by atoms with van der Waals surface area (Å²) in [5.74, 6) is -6.76. The Morgan fingerprint density at radius 2 is 1.55 bits per heavy atom. The summed E-state index contributed by atoms with van der Waals surface area (Å²) in [6.45, 7) is 11.7. The molecular formula is C63H82N8O21. The number of ether oxygens (including phenoxy) is 6. The molecule has 4 aliphatic heterocycles. The number of nitrogens with zero attached hydrogens (tertiary/aromatic N) is 4. The molecule has 0 saturated carbocycles. The molecule has 92 heavy (non-hydrogen) atoms. The number of carbonyl (C=O) groups is 8. The molecule has 10 N–H and O–H groups in total. The average molecular weight is 1290 g/mol. The number of carboxylic acids is 2. The summed E-state index contributed by atoms with van der Waals surface area (Å²) in [5, 5.41) is 74.0. The lowest BCUT2D eigenvalue weighted by Gasteiger charge is -2.38. The number of aliphatic hydroxyl groups excluding tert-OH is 3. The molecule has 0 bridgehead atoms. The largest absolute Gasteiger partial charge is 0.481 e. The van der Waals surface area contributed by atoms with Crippen LogP contribution in [0.1, 0.15) is 108 Å². The van der Waals surface area contributed by atoms with Crippen LogP contribution in [0.25, 0.3) is 22.3 Å². The van der Waals surface area contributed by atoms with E-state index in [-0.39, 0.29) is 125 Å². The Hall–Kier alpha value is -8.16. The van der Waals surface area contributed by atoms with E-state index >= 15 is 0 Å². The summed E-state index contributed by atoms with van der Waals surface area (Å²) >= 11 is 0. The van der Waals surface area contributed by atoms with Gasteiger partial charge in [0.05, 0.1) is 67.5 Å². The molecule has 0 unspecified atom stereocenters. The maximum atomic E-state index is 14.2. The number of carboxylic acid groups (broad SMARTS) is 2. The maximum Gasteiger partial charge on any atom is 0.410 e. The highest BCUT2D eigenvalue weighted by Gasteiger charge is 2.49. The Balaban J connectivity index is 0.930. The van der Waals surface area contributed by atoms with E-state index in [2.05, 4.69) is 21.3 Å². The number of anilines is 1. The van der Waals surface area contributed by atoms with Gasteiger partial charge in [0.25, 0.3) is 5.56 Å². The van der Waals surface area contributed by atoms with Gasteiger partial charge in [-0.3, -0.25) is 28.8 Å². The minimum absolute atomic E-state index is 0.0304. The van der Waals surface area contributed by atoms with Gasteiger partial charge in [-0.15, -0.1) is 0 Å². The molecular weight excluding hydrogens is 1200 g/mol. The number of benzene rings is 2. The Morgan fingerprint density at radius 1 is 0.837 bits per heavy atom. The van der Waals surface area contributed by atoms with Crippen LogP contribution in [-0.4, -0.2) is 205 Å². The number of piperidine rings is 1. The van der Waals surface area contributed by atoms with Gasteiger partial charge in [0.1, 0.15) is 49.4 Å². The van der Waals surface area contributed by atoms with Crippen molar-refractivity contribution in [1.82, 2.24) is 35.3 Å². The van der Waals surface area contributed by atoms with Crippen molar-refractivity contribution in [2.24, 2.45) is 5.92 Å². The predicted molar refractivity (Wildman–Crippen MR) is 325 cm³/mol. The standard InChI is InChI=1S/C63H82N8O21/c1-7-63(86)42-29-45-51-40(30-71(45)58(81)41(42)32-89-61(63)84)38(39-10-8-9-11-43(39)66-51)18-22-69(34(4)5)62(85)90-31-36-12-13-44(46(28-36)91-60-54(78)52(76)53(77)55(92-60)59(82)83)67-56(79)35(6)65-57(80)50(33(2)3)68-47(72)14-15-48(73)70(37-16-20-64-21-17-37)23-25-88-27-26-87-24-19-49(74)75/h8-13,28-29,33-35,37,50,52-55,60,64,76-78,86H,7,14-27,30-32H2,1-6H3,(H,65,80)(H,67,79)(H,68,72)(H,74,75)(H,82,83)/t35-,50-,52-,53-,54+,55-,60+,63-/m0/s1. The van der Waals surface area contributed by atoms with Crippen LogP contribution < -0.4 is 31.6 Å². The Morgan fingerprint density at radius 3 is 2.24 bits per heavy atom. The third-order valence-electron chi connectivity index (χ3n) is 16.9. The number of esters is 1. The first kappa shape index (κ1) is 69.7. The zero-order chi connectivity index (χ0) is 66.7.